The number of anilines is 3. The van der Waals surface area contributed by atoms with Crippen molar-refractivity contribution < 1.29 is 4.42 Å². The van der Waals surface area contributed by atoms with Crippen LogP contribution >= 0.6 is 11.3 Å². The molecule has 4 nitrogen and oxygen atoms in total. The van der Waals surface area contributed by atoms with E-state index < -0.39 is 0 Å². The lowest BCUT2D eigenvalue weighted by Gasteiger charge is -2.26. The molecule has 0 bridgehead atoms. The fourth-order valence-electron chi connectivity index (χ4n) is 9.21. The van der Waals surface area contributed by atoms with Gasteiger partial charge in [-0.05, 0) is 66.7 Å². The summed E-state index contributed by atoms with van der Waals surface area (Å²) in [5, 5.41) is 9.85. The van der Waals surface area contributed by atoms with Crippen LogP contribution in [0, 0.1) is 0 Å². The average Bonchev–Trinajstić information content (AvgIpc) is 3.96. The number of para-hydroxylation sites is 4. The van der Waals surface area contributed by atoms with Gasteiger partial charge in [0.1, 0.15) is 5.58 Å². The van der Waals surface area contributed by atoms with Gasteiger partial charge in [0.15, 0.2) is 5.58 Å². The molecule has 0 fully saturated rings. The Kier molecular flexibility index (Phi) is 5.22. The van der Waals surface area contributed by atoms with Crippen LogP contribution < -0.4 is 4.90 Å². The number of hydrogen-bond acceptors (Lipinski definition) is 3. The number of rotatable bonds is 3. The SMILES string of the molecule is c1ccc2c(c1)oc1c(N(c3ccc4sc5ccccc5c4c3)c3ccc4c(c3)n3c5ccccc5c5ccc6c7ccccc7n4c6c53)cccc12. The van der Waals surface area contributed by atoms with Gasteiger partial charge in [-0.25, -0.2) is 0 Å². The molecule has 246 valence electrons. The summed E-state index contributed by atoms with van der Waals surface area (Å²) in [6.45, 7) is 0. The summed E-state index contributed by atoms with van der Waals surface area (Å²) in [6, 6.07) is 59.8. The van der Waals surface area contributed by atoms with Crippen molar-refractivity contribution in [2.45, 2.75) is 0 Å². The molecular formula is C48H27N3OS. The van der Waals surface area contributed by atoms with E-state index in [4.69, 9.17) is 4.42 Å². The highest BCUT2D eigenvalue weighted by Crippen LogP contribution is 2.47. The molecule has 13 rings (SSSR count). The van der Waals surface area contributed by atoms with E-state index in [-0.39, 0.29) is 0 Å². The van der Waals surface area contributed by atoms with Gasteiger partial charge in [0.05, 0.1) is 38.8 Å². The van der Waals surface area contributed by atoms with Crippen LogP contribution in [0.3, 0.4) is 0 Å². The standard InChI is InChI=1S/C48H27N3OS/c1-5-15-38-30(10-1)34-22-23-35-31-11-2-6-16-39(31)51-42-27-29(20-24-40(42)50(38)46(34)47(35)51)49(28-21-25-45-37(26-28)33-13-4-8-19-44(33)53-45)41-17-9-14-36-32-12-3-7-18-43(32)52-48(36)41/h1-27H. The first kappa shape index (κ1) is 27.8. The van der Waals surface area contributed by atoms with Crippen molar-refractivity contribution >= 4 is 125 Å². The first-order valence-corrected chi connectivity index (χ1v) is 18.8. The van der Waals surface area contributed by atoms with Gasteiger partial charge in [0.2, 0.25) is 0 Å². The number of benzene rings is 8. The first-order valence-electron chi connectivity index (χ1n) is 18.0. The molecule has 0 amide bonds. The Morgan fingerprint density at radius 1 is 0.396 bits per heavy atom. The van der Waals surface area contributed by atoms with Crippen LogP contribution in [0.4, 0.5) is 17.1 Å². The van der Waals surface area contributed by atoms with Crippen molar-refractivity contribution in [3.8, 4) is 0 Å². The second-order valence-electron chi connectivity index (χ2n) is 14.1. The van der Waals surface area contributed by atoms with Crippen molar-refractivity contribution in [3.05, 3.63) is 164 Å². The van der Waals surface area contributed by atoms with Gasteiger partial charge in [0, 0.05) is 63.9 Å². The van der Waals surface area contributed by atoms with E-state index in [9.17, 15) is 0 Å². The lowest BCUT2D eigenvalue weighted by atomic mass is 10.1. The molecule has 0 aliphatic heterocycles. The maximum absolute atomic E-state index is 6.73. The molecular weight excluding hydrogens is 667 g/mol. The minimum Gasteiger partial charge on any atom is -0.454 e. The van der Waals surface area contributed by atoms with E-state index >= 15 is 0 Å². The van der Waals surface area contributed by atoms with Crippen molar-refractivity contribution in [2.75, 3.05) is 4.90 Å². The molecule has 8 aromatic carbocycles. The maximum atomic E-state index is 6.73. The minimum absolute atomic E-state index is 0.874. The molecule has 5 heteroatoms. The Hall–Kier alpha value is -6.82. The van der Waals surface area contributed by atoms with E-state index in [1.807, 2.05) is 17.4 Å². The molecule has 0 N–H and O–H groups in total. The van der Waals surface area contributed by atoms with Crippen LogP contribution in [0.5, 0.6) is 0 Å². The monoisotopic (exact) mass is 693 g/mol. The predicted octanol–water partition coefficient (Wildman–Crippen LogP) is 14.0. The molecule has 0 radical (unpaired) electrons. The summed E-state index contributed by atoms with van der Waals surface area (Å²) in [5.41, 5.74) is 12.2. The third-order valence-electron chi connectivity index (χ3n) is 11.4. The molecule has 13 aromatic rings. The summed E-state index contributed by atoms with van der Waals surface area (Å²) in [4.78, 5) is 2.39. The van der Waals surface area contributed by atoms with Gasteiger partial charge in [-0.1, -0.05) is 97.1 Å². The highest BCUT2D eigenvalue weighted by Gasteiger charge is 2.24. The average molecular weight is 694 g/mol. The predicted molar refractivity (Wildman–Crippen MR) is 224 cm³/mol. The molecule has 0 aliphatic rings. The fourth-order valence-corrected chi connectivity index (χ4v) is 10.3. The van der Waals surface area contributed by atoms with E-state index in [0.29, 0.717) is 0 Å². The Bertz CT molecular complexity index is 3650. The summed E-state index contributed by atoms with van der Waals surface area (Å²) in [6.07, 6.45) is 0. The van der Waals surface area contributed by atoms with Crippen LogP contribution in [-0.2, 0) is 0 Å². The smallest absolute Gasteiger partial charge is 0.159 e. The van der Waals surface area contributed by atoms with E-state index in [1.165, 1.54) is 69.3 Å². The Labute approximate surface area is 305 Å². The highest BCUT2D eigenvalue weighted by molar-refractivity contribution is 7.25. The molecule has 53 heavy (non-hydrogen) atoms. The lowest BCUT2D eigenvalue weighted by molar-refractivity contribution is 0.669. The van der Waals surface area contributed by atoms with Gasteiger partial charge >= 0.3 is 0 Å². The number of fused-ring (bicyclic) bond motifs is 15. The Balaban J connectivity index is 1.18. The van der Waals surface area contributed by atoms with E-state index in [0.717, 1.165) is 44.5 Å². The second-order valence-corrected chi connectivity index (χ2v) is 15.2. The molecule has 5 heterocycles. The van der Waals surface area contributed by atoms with E-state index in [2.05, 4.69) is 171 Å². The number of aromatic nitrogens is 2. The summed E-state index contributed by atoms with van der Waals surface area (Å²) < 4.78 is 14.3. The summed E-state index contributed by atoms with van der Waals surface area (Å²) >= 11 is 1.85. The topological polar surface area (TPSA) is 25.2 Å². The third-order valence-corrected chi connectivity index (χ3v) is 12.6. The van der Waals surface area contributed by atoms with Crippen LogP contribution in [-0.4, -0.2) is 8.80 Å². The molecule has 0 spiro atoms. The van der Waals surface area contributed by atoms with Crippen molar-refractivity contribution in [2.24, 2.45) is 0 Å². The quantitative estimate of drug-likeness (QED) is 0.172. The zero-order valence-electron chi connectivity index (χ0n) is 28.2. The lowest BCUT2D eigenvalue weighted by Crippen LogP contribution is -2.11. The molecule has 5 aromatic heterocycles. The van der Waals surface area contributed by atoms with Crippen LogP contribution in [0.1, 0.15) is 0 Å². The van der Waals surface area contributed by atoms with Gasteiger partial charge in [-0.2, -0.15) is 0 Å². The van der Waals surface area contributed by atoms with Crippen LogP contribution in [0.2, 0.25) is 0 Å². The highest BCUT2D eigenvalue weighted by atomic mass is 32.1. The molecule has 0 unspecified atom stereocenters. The summed E-state index contributed by atoms with van der Waals surface area (Å²) in [5.74, 6) is 0. The number of nitrogens with zero attached hydrogens (tertiary/aromatic N) is 3. The van der Waals surface area contributed by atoms with Gasteiger partial charge in [-0.15, -0.1) is 11.3 Å². The minimum atomic E-state index is 0.874. The zero-order valence-corrected chi connectivity index (χ0v) is 29.1. The molecule has 0 atom stereocenters. The van der Waals surface area contributed by atoms with Crippen molar-refractivity contribution in [1.82, 2.24) is 8.80 Å². The Morgan fingerprint density at radius 2 is 1.00 bits per heavy atom. The molecule has 0 saturated heterocycles. The molecule has 0 aliphatic carbocycles. The fraction of sp³-hybridized carbons (Fsp3) is 0. The molecule has 0 saturated carbocycles. The number of furan rings is 1. The third kappa shape index (κ3) is 3.54. The van der Waals surface area contributed by atoms with Crippen molar-refractivity contribution in [3.63, 3.8) is 0 Å². The second kappa shape index (κ2) is 9.94. The van der Waals surface area contributed by atoms with Gasteiger partial charge in [-0.3, -0.25) is 0 Å². The first-order chi connectivity index (χ1) is 26.3. The van der Waals surface area contributed by atoms with Gasteiger partial charge in [0.25, 0.3) is 0 Å². The van der Waals surface area contributed by atoms with Gasteiger partial charge < -0.3 is 18.1 Å². The normalized spacial score (nSPS) is 12.5. The number of thiophene rings is 1. The maximum Gasteiger partial charge on any atom is 0.159 e. The van der Waals surface area contributed by atoms with Crippen molar-refractivity contribution in [1.29, 1.82) is 0 Å². The zero-order chi connectivity index (χ0) is 34.4. The van der Waals surface area contributed by atoms with Crippen LogP contribution in [0.25, 0.3) is 96.8 Å². The summed E-state index contributed by atoms with van der Waals surface area (Å²) in [7, 11) is 0. The number of hydrogen-bond donors (Lipinski definition) is 0. The Morgan fingerprint density at radius 3 is 1.79 bits per heavy atom. The largest absolute Gasteiger partial charge is 0.454 e. The van der Waals surface area contributed by atoms with E-state index in [1.54, 1.807) is 0 Å². The van der Waals surface area contributed by atoms with Crippen LogP contribution in [0.15, 0.2) is 168 Å².